The first-order chi connectivity index (χ1) is 6.03. The smallest absolute Gasteiger partial charge is 0.165 e. The maximum absolute atomic E-state index is 5.89. The summed E-state index contributed by atoms with van der Waals surface area (Å²) in [5.74, 6) is 0. The maximum Gasteiger partial charge on any atom is 0.210 e. The van der Waals surface area contributed by atoms with Gasteiger partial charge in [0.2, 0.25) is 8.83 Å². The zero-order valence-electron chi connectivity index (χ0n) is 8.39. The fourth-order valence-electron chi connectivity index (χ4n) is 1.34. The molecule has 0 bridgehead atoms. The average Bonchev–Trinajstić information content (AvgIpc) is 2.02. The lowest BCUT2D eigenvalue weighted by molar-refractivity contribution is 0.412. The van der Waals surface area contributed by atoms with Crippen LogP contribution in [-0.4, -0.2) is 8.83 Å². The Morgan fingerprint density at radius 1 is 1.23 bits per heavy atom. The Balaban J connectivity index is 2.87. The van der Waals surface area contributed by atoms with Crippen LogP contribution in [0.1, 0.15) is 26.3 Å². The van der Waals surface area contributed by atoms with Gasteiger partial charge in [0.05, 0.1) is 0 Å². The average molecular weight is 211 g/mol. The molecule has 0 aliphatic carbocycles. The molecule has 70 valence electrons. The molecule has 0 fully saturated rings. The molecule has 0 aliphatic rings. The van der Waals surface area contributed by atoms with Gasteiger partial charge in [-0.1, -0.05) is 45.0 Å². The van der Waals surface area contributed by atoms with Gasteiger partial charge in [-0.25, -0.2) is 0 Å². The highest BCUT2D eigenvalue weighted by Crippen LogP contribution is 2.19. The van der Waals surface area contributed by atoms with Gasteiger partial charge in [-0.2, -0.15) is 11.1 Å². The molecule has 2 radical (unpaired) electrons. The lowest BCUT2D eigenvalue weighted by Gasteiger charge is -2.19. The normalized spacial score (nSPS) is 11.7. The maximum atomic E-state index is 5.89. The van der Waals surface area contributed by atoms with E-state index < -0.39 is 0 Å². The monoisotopic (exact) mass is 210 g/mol. The highest BCUT2D eigenvalue weighted by atomic mass is 35.6. The second-order valence-corrected chi connectivity index (χ2v) is 5.78. The highest BCUT2D eigenvalue weighted by molar-refractivity contribution is 7.01. The van der Waals surface area contributed by atoms with Crippen molar-refractivity contribution in [2.45, 2.75) is 27.2 Å². The minimum absolute atomic E-state index is 0.340. The summed E-state index contributed by atoms with van der Waals surface area (Å²) in [5, 5.41) is 1.29. The van der Waals surface area contributed by atoms with Gasteiger partial charge in [0.25, 0.3) is 0 Å². The van der Waals surface area contributed by atoms with Gasteiger partial charge in [0.1, 0.15) is 0 Å². The molecule has 0 heterocycles. The van der Waals surface area contributed by atoms with Crippen molar-refractivity contribution in [3.63, 3.8) is 0 Å². The van der Waals surface area contributed by atoms with Gasteiger partial charge >= 0.3 is 0 Å². The molecular formula is C11H15ClSi. The van der Waals surface area contributed by atoms with Gasteiger partial charge < -0.3 is 0 Å². The zero-order valence-corrected chi connectivity index (χ0v) is 10.2. The fourth-order valence-corrected chi connectivity index (χ4v) is 2.34. The Bertz CT molecular complexity index is 276. The first-order valence-corrected chi connectivity index (χ1v) is 6.49. The minimum Gasteiger partial charge on any atom is -0.165 e. The SMILES string of the molecule is CC(C)(C)Cc1ccccc1[Si]Cl. The molecule has 0 unspecified atom stereocenters. The lowest BCUT2D eigenvalue weighted by Crippen LogP contribution is -2.20. The van der Waals surface area contributed by atoms with Crippen molar-refractivity contribution in [3.8, 4) is 0 Å². The molecule has 1 aromatic rings. The Morgan fingerprint density at radius 3 is 2.38 bits per heavy atom. The van der Waals surface area contributed by atoms with Crippen molar-refractivity contribution < 1.29 is 0 Å². The van der Waals surface area contributed by atoms with Gasteiger partial charge in [-0.05, 0) is 22.6 Å². The van der Waals surface area contributed by atoms with Crippen LogP contribution in [0.3, 0.4) is 0 Å². The molecule has 0 N–H and O–H groups in total. The number of hydrogen-bond acceptors (Lipinski definition) is 0. The molecular weight excluding hydrogens is 196 g/mol. The van der Waals surface area contributed by atoms with Crippen LogP contribution in [0, 0.1) is 5.41 Å². The largest absolute Gasteiger partial charge is 0.210 e. The Labute approximate surface area is 87.8 Å². The van der Waals surface area contributed by atoms with Crippen LogP contribution in [0.4, 0.5) is 0 Å². The summed E-state index contributed by atoms with van der Waals surface area (Å²) in [6, 6.07) is 8.43. The van der Waals surface area contributed by atoms with Crippen molar-refractivity contribution in [2.75, 3.05) is 0 Å². The molecule has 13 heavy (non-hydrogen) atoms. The van der Waals surface area contributed by atoms with E-state index in [9.17, 15) is 0 Å². The summed E-state index contributed by atoms with van der Waals surface area (Å²) < 4.78 is 0. The third kappa shape index (κ3) is 3.53. The zero-order chi connectivity index (χ0) is 9.90. The number of halogens is 1. The van der Waals surface area contributed by atoms with E-state index in [4.69, 9.17) is 11.1 Å². The second kappa shape index (κ2) is 4.29. The molecule has 1 aromatic carbocycles. The van der Waals surface area contributed by atoms with Crippen LogP contribution in [-0.2, 0) is 6.42 Å². The molecule has 0 aliphatic heterocycles. The molecule has 1 rings (SSSR count). The highest BCUT2D eigenvalue weighted by Gasteiger charge is 2.13. The van der Waals surface area contributed by atoms with Crippen LogP contribution < -0.4 is 5.19 Å². The summed E-state index contributed by atoms with van der Waals surface area (Å²) in [6.45, 7) is 6.75. The van der Waals surface area contributed by atoms with Gasteiger partial charge in [0, 0.05) is 0 Å². The first-order valence-electron chi connectivity index (χ1n) is 4.47. The van der Waals surface area contributed by atoms with Crippen molar-refractivity contribution >= 4 is 25.1 Å². The molecule has 0 saturated carbocycles. The fraction of sp³-hybridized carbons (Fsp3) is 0.455. The quantitative estimate of drug-likeness (QED) is 0.520. The van der Waals surface area contributed by atoms with E-state index in [1.165, 1.54) is 10.8 Å². The Morgan fingerprint density at radius 2 is 1.85 bits per heavy atom. The molecule has 0 amide bonds. The summed E-state index contributed by atoms with van der Waals surface area (Å²) in [7, 11) is 0.387. The molecule has 0 saturated heterocycles. The Kier molecular flexibility index (Phi) is 3.57. The molecule has 0 atom stereocenters. The van der Waals surface area contributed by atoms with Crippen LogP contribution >= 0.6 is 11.1 Å². The van der Waals surface area contributed by atoms with Gasteiger partial charge in [0.15, 0.2) is 0 Å². The number of rotatable bonds is 2. The van der Waals surface area contributed by atoms with E-state index in [0.29, 0.717) is 14.2 Å². The number of benzene rings is 1. The molecule has 2 heteroatoms. The van der Waals surface area contributed by atoms with Crippen LogP contribution in [0.15, 0.2) is 24.3 Å². The van der Waals surface area contributed by atoms with Crippen molar-refractivity contribution in [2.24, 2.45) is 5.41 Å². The van der Waals surface area contributed by atoms with Crippen molar-refractivity contribution in [1.82, 2.24) is 0 Å². The standard InChI is InChI=1S/C11H15ClSi/c1-11(2,3)8-9-6-4-5-7-10(9)13-12/h4-7H,8H2,1-3H3. The van der Waals surface area contributed by atoms with E-state index >= 15 is 0 Å². The summed E-state index contributed by atoms with van der Waals surface area (Å²) in [6.07, 6.45) is 1.10. The summed E-state index contributed by atoms with van der Waals surface area (Å²) in [4.78, 5) is 0. The lowest BCUT2D eigenvalue weighted by atomic mass is 9.88. The van der Waals surface area contributed by atoms with E-state index in [1.807, 2.05) is 0 Å². The molecule has 0 spiro atoms. The van der Waals surface area contributed by atoms with E-state index in [2.05, 4.69) is 45.0 Å². The first kappa shape index (κ1) is 10.8. The van der Waals surface area contributed by atoms with E-state index in [0.717, 1.165) is 6.42 Å². The molecule has 0 aromatic heterocycles. The van der Waals surface area contributed by atoms with E-state index in [1.54, 1.807) is 0 Å². The minimum atomic E-state index is 0.340. The summed E-state index contributed by atoms with van der Waals surface area (Å²) in [5.41, 5.74) is 1.73. The summed E-state index contributed by atoms with van der Waals surface area (Å²) >= 11 is 5.89. The third-order valence-electron chi connectivity index (χ3n) is 1.84. The second-order valence-electron chi connectivity index (χ2n) is 4.49. The van der Waals surface area contributed by atoms with Crippen molar-refractivity contribution in [3.05, 3.63) is 29.8 Å². The van der Waals surface area contributed by atoms with Crippen molar-refractivity contribution in [1.29, 1.82) is 0 Å². The van der Waals surface area contributed by atoms with Crippen LogP contribution in [0.5, 0.6) is 0 Å². The number of hydrogen-bond donors (Lipinski definition) is 0. The topological polar surface area (TPSA) is 0 Å². The predicted molar refractivity (Wildman–Crippen MR) is 60.8 cm³/mol. The third-order valence-corrected chi connectivity index (χ3v) is 3.14. The van der Waals surface area contributed by atoms with E-state index in [-0.39, 0.29) is 0 Å². The van der Waals surface area contributed by atoms with Gasteiger partial charge in [-0.15, -0.1) is 0 Å². The van der Waals surface area contributed by atoms with Crippen LogP contribution in [0.2, 0.25) is 0 Å². The van der Waals surface area contributed by atoms with Crippen LogP contribution in [0.25, 0.3) is 0 Å². The van der Waals surface area contributed by atoms with Gasteiger partial charge in [-0.3, -0.25) is 0 Å². The molecule has 0 nitrogen and oxygen atoms in total. The Hall–Kier alpha value is -0.273. The predicted octanol–water partition coefficient (Wildman–Crippen LogP) is 2.76.